The molecule has 0 spiro atoms. The van der Waals surface area contributed by atoms with Gasteiger partial charge in [0.1, 0.15) is 6.04 Å². The Balaban J connectivity index is 2.88. The largest absolute Gasteiger partial charge is 0.467 e. The molecule has 86 valence electrons. The summed E-state index contributed by atoms with van der Waals surface area (Å²) in [4.78, 5) is 15.1. The van der Waals surface area contributed by atoms with Gasteiger partial charge in [-0.25, -0.2) is 4.79 Å². The fraction of sp³-hybridized carbons (Fsp3) is 0.273. The van der Waals surface area contributed by atoms with Crippen molar-refractivity contribution in [3.63, 3.8) is 0 Å². The molecule has 0 aliphatic rings. The maximum Gasteiger partial charge on any atom is 0.330 e. The van der Waals surface area contributed by atoms with Crippen LogP contribution in [0.2, 0.25) is 10.0 Å². The highest BCUT2D eigenvalue weighted by atomic mass is 35.5. The number of hydrogen-bond donors (Lipinski definition) is 0. The molecule has 0 unspecified atom stereocenters. The molecule has 0 amide bonds. The first kappa shape index (κ1) is 13.0. The van der Waals surface area contributed by atoms with E-state index in [1.165, 1.54) is 13.3 Å². The van der Waals surface area contributed by atoms with Crippen molar-refractivity contribution in [2.24, 2.45) is 4.99 Å². The van der Waals surface area contributed by atoms with Crippen molar-refractivity contribution in [2.75, 3.05) is 7.11 Å². The van der Waals surface area contributed by atoms with Crippen molar-refractivity contribution in [3.05, 3.63) is 33.8 Å². The standard InChI is InChI=1S/C11H11Cl2NO2/c1-7(11(15)16-2)14-6-8-9(12)4-3-5-10(8)13/h3-7H,1-2H3/t7-/m0/s1. The summed E-state index contributed by atoms with van der Waals surface area (Å²) in [5, 5.41) is 0.988. The van der Waals surface area contributed by atoms with Gasteiger partial charge in [-0.2, -0.15) is 0 Å². The predicted molar refractivity (Wildman–Crippen MR) is 65.5 cm³/mol. The number of methoxy groups -OCH3 is 1. The number of nitrogens with zero attached hydrogens (tertiary/aromatic N) is 1. The van der Waals surface area contributed by atoms with E-state index >= 15 is 0 Å². The van der Waals surface area contributed by atoms with Crippen LogP contribution >= 0.6 is 23.2 Å². The smallest absolute Gasteiger partial charge is 0.330 e. The fourth-order valence-corrected chi connectivity index (χ4v) is 1.55. The Morgan fingerprint density at radius 1 is 1.44 bits per heavy atom. The number of aliphatic imine (C=N–C) groups is 1. The lowest BCUT2D eigenvalue weighted by Crippen LogP contribution is -2.16. The number of ether oxygens (including phenoxy) is 1. The molecule has 0 aromatic heterocycles. The van der Waals surface area contributed by atoms with Gasteiger partial charge in [-0.3, -0.25) is 4.99 Å². The molecular weight excluding hydrogens is 249 g/mol. The lowest BCUT2D eigenvalue weighted by atomic mass is 10.2. The molecular formula is C11H11Cl2NO2. The van der Waals surface area contributed by atoms with E-state index in [1.807, 2.05) is 0 Å². The molecule has 0 N–H and O–H groups in total. The van der Waals surface area contributed by atoms with E-state index in [9.17, 15) is 4.79 Å². The number of benzene rings is 1. The molecule has 1 rings (SSSR count). The zero-order valence-electron chi connectivity index (χ0n) is 8.91. The highest BCUT2D eigenvalue weighted by Crippen LogP contribution is 2.22. The summed E-state index contributed by atoms with van der Waals surface area (Å²) >= 11 is 11.9. The van der Waals surface area contributed by atoms with E-state index in [0.717, 1.165) is 0 Å². The van der Waals surface area contributed by atoms with Crippen LogP contribution in [0.25, 0.3) is 0 Å². The third-order valence-corrected chi connectivity index (χ3v) is 2.63. The average Bonchev–Trinajstić information content (AvgIpc) is 2.27. The van der Waals surface area contributed by atoms with Crippen molar-refractivity contribution in [1.82, 2.24) is 0 Å². The maximum atomic E-state index is 11.1. The van der Waals surface area contributed by atoms with Crippen molar-refractivity contribution in [2.45, 2.75) is 13.0 Å². The molecule has 3 nitrogen and oxygen atoms in total. The Morgan fingerprint density at radius 3 is 2.50 bits per heavy atom. The summed E-state index contributed by atoms with van der Waals surface area (Å²) in [5.74, 6) is -0.403. The molecule has 0 bridgehead atoms. The summed E-state index contributed by atoms with van der Waals surface area (Å²) in [6, 6.07) is 4.58. The van der Waals surface area contributed by atoms with Crippen LogP contribution in [0.15, 0.2) is 23.2 Å². The van der Waals surface area contributed by atoms with Crippen molar-refractivity contribution in [1.29, 1.82) is 0 Å². The first-order valence-corrected chi connectivity index (χ1v) is 5.37. The Bertz CT molecular complexity index is 398. The minimum absolute atomic E-state index is 0.403. The molecule has 0 aliphatic heterocycles. The Kier molecular flexibility index (Phi) is 4.77. The summed E-state index contributed by atoms with van der Waals surface area (Å²) in [5.41, 5.74) is 0.599. The van der Waals surface area contributed by atoms with Crippen LogP contribution in [0, 0.1) is 0 Å². The molecule has 0 heterocycles. The van der Waals surface area contributed by atoms with Gasteiger partial charge in [0.15, 0.2) is 0 Å². The van der Waals surface area contributed by atoms with E-state index in [2.05, 4.69) is 9.73 Å². The van der Waals surface area contributed by atoms with Gasteiger partial charge in [-0.05, 0) is 19.1 Å². The van der Waals surface area contributed by atoms with E-state index in [1.54, 1.807) is 25.1 Å². The minimum Gasteiger partial charge on any atom is -0.467 e. The van der Waals surface area contributed by atoms with Gasteiger partial charge in [-0.1, -0.05) is 29.3 Å². The van der Waals surface area contributed by atoms with Crippen LogP contribution in [0.3, 0.4) is 0 Å². The molecule has 0 radical (unpaired) electrons. The van der Waals surface area contributed by atoms with Crippen LogP contribution in [0.5, 0.6) is 0 Å². The normalized spacial score (nSPS) is 12.8. The number of carbonyl (C=O) groups excluding carboxylic acids is 1. The molecule has 1 aromatic carbocycles. The second-order valence-electron chi connectivity index (χ2n) is 3.11. The average molecular weight is 260 g/mol. The van der Waals surface area contributed by atoms with Gasteiger partial charge in [0.05, 0.1) is 17.2 Å². The fourth-order valence-electron chi connectivity index (χ4n) is 1.05. The van der Waals surface area contributed by atoms with Crippen molar-refractivity contribution >= 4 is 35.4 Å². The van der Waals surface area contributed by atoms with Gasteiger partial charge in [0.2, 0.25) is 0 Å². The number of hydrogen-bond acceptors (Lipinski definition) is 3. The highest BCUT2D eigenvalue weighted by molar-refractivity contribution is 6.38. The zero-order valence-corrected chi connectivity index (χ0v) is 10.4. The molecule has 0 aliphatic carbocycles. The van der Waals surface area contributed by atoms with Gasteiger partial charge in [0, 0.05) is 11.8 Å². The van der Waals surface area contributed by atoms with E-state index in [4.69, 9.17) is 23.2 Å². The minimum atomic E-state index is -0.572. The molecule has 0 fully saturated rings. The van der Waals surface area contributed by atoms with Crippen LogP contribution in [-0.2, 0) is 9.53 Å². The van der Waals surface area contributed by atoms with Gasteiger partial charge >= 0.3 is 5.97 Å². The number of carbonyl (C=O) groups is 1. The molecule has 0 saturated carbocycles. The third-order valence-electron chi connectivity index (χ3n) is 1.97. The first-order chi connectivity index (χ1) is 7.56. The first-order valence-electron chi connectivity index (χ1n) is 4.61. The summed E-state index contributed by atoms with van der Waals surface area (Å²) < 4.78 is 4.54. The van der Waals surface area contributed by atoms with E-state index in [-0.39, 0.29) is 0 Å². The second kappa shape index (κ2) is 5.87. The third kappa shape index (κ3) is 3.22. The maximum absolute atomic E-state index is 11.1. The van der Waals surface area contributed by atoms with E-state index < -0.39 is 12.0 Å². The SMILES string of the molecule is COC(=O)[C@H](C)N=Cc1c(Cl)cccc1Cl. The Labute approximate surface area is 104 Å². The molecule has 1 atom stereocenters. The quantitative estimate of drug-likeness (QED) is 0.619. The van der Waals surface area contributed by atoms with Gasteiger partial charge in [-0.15, -0.1) is 0 Å². The van der Waals surface area contributed by atoms with Crippen LogP contribution in [0.1, 0.15) is 12.5 Å². The number of rotatable bonds is 3. The Hall–Kier alpha value is -1.06. The van der Waals surface area contributed by atoms with Crippen molar-refractivity contribution in [3.8, 4) is 0 Å². The van der Waals surface area contributed by atoms with E-state index in [0.29, 0.717) is 15.6 Å². The molecule has 5 heteroatoms. The molecule has 0 saturated heterocycles. The number of halogens is 2. The topological polar surface area (TPSA) is 38.7 Å². The Morgan fingerprint density at radius 2 is 2.00 bits per heavy atom. The van der Waals surface area contributed by atoms with Gasteiger partial charge in [0.25, 0.3) is 0 Å². The van der Waals surface area contributed by atoms with Crippen LogP contribution in [-0.4, -0.2) is 25.3 Å². The van der Waals surface area contributed by atoms with Crippen LogP contribution < -0.4 is 0 Å². The number of esters is 1. The van der Waals surface area contributed by atoms with Crippen LogP contribution in [0.4, 0.5) is 0 Å². The summed E-state index contributed by atoms with van der Waals surface area (Å²) in [7, 11) is 1.32. The lowest BCUT2D eigenvalue weighted by Gasteiger charge is -2.04. The predicted octanol–water partition coefficient (Wildman–Crippen LogP) is 2.97. The van der Waals surface area contributed by atoms with Gasteiger partial charge < -0.3 is 4.74 Å². The zero-order chi connectivity index (χ0) is 12.1. The second-order valence-corrected chi connectivity index (χ2v) is 3.93. The van der Waals surface area contributed by atoms with Crippen molar-refractivity contribution < 1.29 is 9.53 Å². The molecule has 16 heavy (non-hydrogen) atoms. The highest BCUT2D eigenvalue weighted by Gasteiger charge is 2.10. The lowest BCUT2D eigenvalue weighted by molar-refractivity contribution is -0.141. The summed E-state index contributed by atoms with van der Waals surface area (Å²) in [6.07, 6.45) is 1.48. The summed E-state index contributed by atoms with van der Waals surface area (Å²) in [6.45, 7) is 1.63. The monoisotopic (exact) mass is 259 g/mol. The molecule has 1 aromatic rings.